The maximum Gasteiger partial charge on any atom is 0.161 e. The molecule has 0 atom stereocenters. The second kappa shape index (κ2) is 4.04. The van der Waals surface area contributed by atoms with Crippen molar-refractivity contribution in [3.8, 4) is 6.07 Å². The Morgan fingerprint density at radius 2 is 2.25 bits per heavy atom. The third-order valence-corrected chi connectivity index (χ3v) is 3.53. The Labute approximate surface area is 101 Å². The molecule has 0 unspecified atom stereocenters. The number of nitrogens with zero attached hydrogens (tertiary/aromatic N) is 1. The minimum absolute atomic E-state index is 0.00986. The summed E-state index contributed by atoms with van der Waals surface area (Å²) in [4.78, 5) is 0. The molecule has 84 valence electrons. The zero-order valence-electron chi connectivity index (χ0n) is 8.43. The molecular weight excluding hydrogens is 275 g/mol. The lowest BCUT2D eigenvalue weighted by Gasteiger charge is -2.17. The Balaban J connectivity index is 2.30. The van der Waals surface area contributed by atoms with Crippen LogP contribution in [0.2, 0.25) is 0 Å². The molecule has 1 saturated carbocycles. The second-order valence-corrected chi connectivity index (χ2v) is 4.76. The first-order valence-corrected chi connectivity index (χ1v) is 5.68. The van der Waals surface area contributed by atoms with Gasteiger partial charge >= 0.3 is 0 Å². The van der Waals surface area contributed by atoms with Gasteiger partial charge in [-0.25, -0.2) is 4.39 Å². The van der Waals surface area contributed by atoms with E-state index >= 15 is 0 Å². The molecule has 0 radical (unpaired) electrons. The summed E-state index contributed by atoms with van der Waals surface area (Å²) in [6, 6.07) is 4.96. The maximum absolute atomic E-state index is 13.8. The van der Waals surface area contributed by atoms with Gasteiger partial charge in [-0.1, -0.05) is 0 Å². The molecule has 0 aromatic heterocycles. The largest absolute Gasteiger partial charge is 0.394 e. The van der Waals surface area contributed by atoms with Crippen LogP contribution in [0.5, 0.6) is 0 Å². The van der Waals surface area contributed by atoms with Crippen LogP contribution in [0.1, 0.15) is 18.4 Å². The van der Waals surface area contributed by atoms with Gasteiger partial charge < -0.3 is 10.4 Å². The predicted molar refractivity (Wildman–Crippen MR) is 61.5 cm³/mol. The number of rotatable bonds is 3. The van der Waals surface area contributed by atoms with Crippen LogP contribution in [-0.4, -0.2) is 17.3 Å². The summed E-state index contributed by atoms with van der Waals surface area (Å²) in [7, 11) is 0. The lowest BCUT2D eigenvalue weighted by molar-refractivity contribution is 0.266. The molecule has 0 heterocycles. The van der Waals surface area contributed by atoms with Crippen molar-refractivity contribution in [1.29, 1.82) is 5.26 Å². The highest BCUT2D eigenvalue weighted by Crippen LogP contribution is 2.40. The average molecular weight is 285 g/mol. The summed E-state index contributed by atoms with van der Waals surface area (Å²) in [6.07, 6.45) is 1.67. The van der Waals surface area contributed by atoms with Gasteiger partial charge in [0.15, 0.2) is 5.82 Å². The fourth-order valence-corrected chi connectivity index (χ4v) is 1.93. The molecular formula is C11H10BrFN2O. The van der Waals surface area contributed by atoms with Crippen LogP contribution in [0.4, 0.5) is 10.1 Å². The molecule has 0 amide bonds. The van der Waals surface area contributed by atoms with Crippen LogP contribution >= 0.6 is 15.9 Å². The van der Waals surface area contributed by atoms with Gasteiger partial charge in [-0.3, -0.25) is 0 Å². The topological polar surface area (TPSA) is 56.0 Å². The van der Waals surface area contributed by atoms with Crippen molar-refractivity contribution in [3.05, 3.63) is 28.0 Å². The van der Waals surface area contributed by atoms with Gasteiger partial charge in [-0.05, 0) is 40.9 Å². The average Bonchev–Trinajstić information content (AvgIpc) is 3.06. The van der Waals surface area contributed by atoms with Gasteiger partial charge in [0, 0.05) is 0 Å². The third-order valence-electron chi connectivity index (χ3n) is 2.76. The van der Waals surface area contributed by atoms with E-state index in [0.717, 1.165) is 12.8 Å². The van der Waals surface area contributed by atoms with Crippen LogP contribution in [0.15, 0.2) is 16.6 Å². The molecule has 1 aromatic carbocycles. The molecule has 3 nitrogen and oxygen atoms in total. The van der Waals surface area contributed by atoms with Gasteiger partial charge in [0.05, 0.1) is 27.9 Å². The molecule has 1 aromatic rings. The number of nitrogens with one attached hydrogen (secondary N) is 1. The molecule has 1 fully saturated rings. The summed E-state index contributed by atoms with van der Waals surface area (Å²) in [5.74, 6) is -0.487. The van der Waals surface area contributed by atoms with Gasteiger partial charge in [-0.15, -0.1) is 0 Å². The van der Waals surface area contributed by atoms with Crippen molar-refractivity contribution in [3.63, 3.8) is 0 Å². The fraction of sp³-hybridized carbons (Fsp3) is 0.364. The normalized spacial score (nSPS) is 16.6. The number of aliphatic hydroxyl groups is 1. The Hall–Kier alpha value is -1.12. The van der Waals surface area contributed by atoms with Gasteiger partial charge in [0.1, 0.15) is 6.07 Å². The summed E-state index contributed by atoms with van der Waals surface area (Å²) < 4.78 is 14.0. The Bertz CT molecular complexity index is 466. The van der Waals surface area contributed by atoms with E-state index < -0.39 is 5.82 Å². The molecule has 1 aliphatic carbocycles. The highest BCUT2D eigenvalue weighted by Gasteiger charge is 2.42. The molecule has 0 aliphatic heterocycles. The maximum atomic E-state index is 13.8. The van der Waals surface area contributed by atoms with Crippen molar-refractivity contribution < 1.29 is 9.50 Å². The summed E-state index contributed by atoms with van der Waals surface area (Å²) >= 11 is 3.04. The van der Waals surface area contributed by atoms with E-state index in [9.17, 15) is 4.39 Å². The molecule has 2 N–H and O–H groups in total. The quantitative estimate of drug-likeness (QED) is 0.896. The minimum atomic E-state index is -0.487. The fourth-order valence-electron chi connectivity index (χ4n) is 1.49. The van der Waals surface area contributed by atoms with Crippen LogP contribution in [-0.2, 0) is 0 Å². The Morgan fingerprint density at radius 3 is 2.75 bits per heavy atom. The number of anilines is 1. The molecule has 0 saturated heterocycles. The predicted octanol–water partition coefficient (Wildman–Crippen LogP) is 2.40. The van der Waals surface area contributed by atoms with Gasteiger partial charge in [0.25, 0.3) is 0 Å². The van der Waals surface area contributed by atoms with Crippen LogP contribution in [0, 0.1) is 17.1 Å². The van der Waals surface area contributed by atoms with E-state index in [1.807, 2.05) is 6.07 Å². The third kappa shape index (κ3) is 1.91. The lowest BCUT2D eigenvalue weighted by atomic mass is 10.2. The summed E-state index contributed by atoms with van der Waals surface area (Å²) in [6.45, 7) is -0.00986. The first kappa shape index (κ1) is 11.4. The molecule has 0 spiro atoms. The number of hydrogen-bond acceptors (Lipinski definition) is 3. The van der Waals surface area contributed by atoms with Gasteiger partial charge in [-0.2, -0.15) is 5.26 Å². The molecule has 16 heavy (non-hydrogen) atoms. The zero-order chi connectivity index (χ0) is 11.8. The molecule has 2 rings (SSSR count). The number of aliphatic hydroxyl groups excluding tert-OH is 1. The highest BCUT2D eigenvalue weighted by molar-refractivity contribution is 9.10. The number of benzene rings is 1. The summed E-state index contributed by atoms with van der Waals surface area (Å²) in [5.41, 5.74) is 0.211. The first-order valence-electron chi connectivity index (χ1n) is 4.89. The Morgan fingerprint density at radius 1 is 1.56 bits per heavy atom. The van der Waals surface area contributed by atoms with Crippen molar-refractivity contribution in [1.82, 2.24) is 0 Å². The van der Waals surface area contributed by atoms with E-state index in [1.165, 1.54) is 6.07 Å². The standard InChI is InChI=1S/C11H10BrFN2O/c12-9-7(5-14)1-2-8(10(9)13)15-11(6-16)3-4-11/h1-2,15-16H,3-4,6H2. The van der Waals surface area contributed by atoms with Crippen molar-refractivity contribution in [2.75, 3.05) is 11.9 Å². The second-order valence-electron chi connectivity index (χ2n) is 3.96. The highest BCUT2D eigenvalue weighted by atomic mass is 79.9. The number of halogens is 2. The SMILES string of the molecule is N#Cc1ccc(NC2(CO)CC2)c(F)c1Br. The molecule has 5 heteroatoms. The Kier molecular flexibility index (Phi) is 2.87. The van der Waals surface area contributed by atoms with Crippen molar-refractivity contribution in [2.24, 2.45) is 0 Å². The van der Waals surface area contributed by atoms with E-state index in [-0.39, 0.29) is 22.2 Å². The van der Waals surface area contributed by atoms with Crippen LogP contribution < -0.4 is 5.32 Å². The lowest BCUT2D eigenvalue weighted by Crippen LogP contribution is -2.26. The number of hydrogen-bond donors (Lipinski definition) is 2. The zero-order valence-corrected chi connectivity index (χ0v) is 10.0. The van der Waals surface area contributed by atoms with Crippen LogP contribution in [0.25, 0.3) is 0 Å². The monoisotopic (exact) mass is 284 g/mol. The van der Waals surface area contributed by atoms with Crippen LogP contribution in [0.3, 0.4) is 0 Å². The first-order chi connectivity index (χ1) is 7.62. The van der Waals surface area contributed by atoms with E-state index in [2.05, 4.69) is 21.2 Å². The smallest absolute Gasteiger partial charge is 0.161 e. The van der Waals surface area contributed by atoms with E-state index in [1.54, 1.807) is 6.07 Å². The molecule has 1 aliphatic rings. The minimum Gasteiger partial charge on any atom is -0.394 e. The van der Waals surface area contributed by atoms with Crippen molar-refractivity contribution >= 4 is 21.6 Å². The summed E-state index contributed by atoms with van der Waals surface area (Å²) in [5, 5.41) is 20.8. The molecule has 0 bridgehead atoms. The van der Waals surface area contributed by atoms with E-state index in [0.29, 0.717) is 5.69 Å². The van der Waals surface area contributed by atoms with Gasteiger partial charge in [0.2, 0.25) is 0 Å². The van der Waals surface area contributed by atoms with E-state index in [4.69, 9.17) is 10.4 Å². The number of nitriles is 1. The van der Waals surface area contributed by atoms with Crippen molar-refractivity contribution in [2.45, 2.75) is 18.4 Å².